The molecule has 0 saturated carbocycles. The van der Waals surface area contributed by atoms with E-state index in [1.54, 1.807) is 6.92 Å². The number of aryl methyl sites for hydroxylation is 1. The summed E-state index contributed by atoms with van der Waals surface area (Å²) >= 11 is 3.57. The van der Waals surface area contributed by atoms with Gasteiger partial charge in [0.15, 0.2) is 5.43 Å². The molecular weight excluding hydrogens is 306 g/mol. The number of alkyl halides is 1. The van der Waals surface area contributed by atoms with Crippen LogP contribution in [0.2, 0.25) is 0 Å². The van der Waals surface area contributed by atoms with E-state index in [1.165, 1.54) is 0 Å². The normalized spacial score (nSPS) is 12.7. The van der Waals surface area contributed by atoms with Gasteiger partial charge in [0.05, 0.1) is 10.9 Å². The zero-order valence-corrected chi connectivity index (χ0v) is 13.5. The molecule has 0 radical (unpaired) electrons. The Labute approximate surface area is 121 Å². The van der Waals surface area contributed by atoms with Crippen molar-refractivity contribution in [2.45, 2.75) is 25.6 Å². The lowest BCUT2D eigenvalue weighted by atomic mass is 10.0. The number of halogens is 1. The van der Waals surface area contributed by atoms with Crippen LogP contribution < -0.4 is 10.3 Å². The highest BCUT2D eigenvalue weighted by molar-refractivity contribution is 9.09. The Balaban J connectivity index is 2.97. The minimum atomic E-state index is 0.0445. The van der Waals surface area contributed by atoms with Crippen molar-refractivity contribution in [3.05, 3.63) is 39.0 Å². The Kier molecular flexibility index (Phi) is 3.72. The van der Waals surface area contributed by atoms with E-state index in [2.05, 4.69) is 22.0 Å². The summed E-state index contributed by atoms with van der Waals surface area (Å²) in [5.41, 5.74) is 3.45. The van der Waals surface area contributed by atoms with Crippen molar-refractivity contribution in [1.82, 2.24) is 0 Å². The van der Waals surface area contributed by atoms with Crippen LogP contribution in [-0.2, 0) is 0 Å². The molecule has 3 nitrogen and oxygen atoms in total. The lowest BCUT2D eigenvalue weighted by molar-refractivity contribution is 0.588. The molecule has 1 heterocycles. The number of benzene rings is 1. The number of anilines is 1. The maximum absolute atomic E-state index is 12.5. The Morgan fingerprint density at radius 3 is 2.42 bits per heavy atom. The highest BCUT2D eigenvalue weighted by Crippen LogP contribution is 2.32. The van der Waals surface area contributed by atoms with Crippen LogP contribution in [0.25, 0.3) is 11.0 Å². The van der Waals surface area contributed by atoms with Gasteiger partial charge < -0.3 is 9.32 Å². The Hall–Kier alpha value is -1.29. The molecule has 0 aliphatic rings. The number of hydrogen-bond donors (Lipinski definition) is 0. The summed E-state index contributed by atoms with van der Waals surface area (Å²) in [5.74, 6) is 0.621. The van der Waals surface area contributed by atoms with Crippen LogP contribution in [0.1, 0.15) is 28.4 Å². The Morgan fingerprint density at radius 1 is 1.26 bits per heavy atom. The lowest BCUT2D eigenvalue weighted by Crippen LogP contribution is -2.17. The van der Waals surface area contributed by atoms with Gasteiger partial charge in [0.2, 0.25) is 5.88 Å². The van der Waals surface area contributed by atoms with Gasteiger partial charge in [-0.2, -0.15) is 0 Å². The molecule has 0 aliphatic carbocycles. The monoisotopic (exact) mass is 323 g/mol. The minimum Gasteiger partial charge on any atom is -0.440 e. The quantitative estimate of drug-likeness (QED) is 0.785. The highest BCUT2D eigenvalue weighted by Gasteiger charge is 2.17. The first-order chi connectivity index (χ1) is 8.82. The average Bonchev–Trinajstić information content (AvgIpc) is 2.32. The van der Waals surface area contributed by atoms with Gasteiger partial charge in [-0.15, -0.1) is 0 Å². The van der Waals surface area contributed by atoms with Crippen molar-refractivity contribution in [3.8, 4) is 0 Å². The van der Waals surface area contributed by atoms with Gasteiger partial charge in [0.1, 0.15) is 5.58 Å². The fourth-order valence-corrected chi connectivity index (χ4v) is 2.62. The third-order valence-corrected chi connectivity index (χ3v) is 3.69. The smallest absolute Gasteiger partial charge is 0.202 e. The van der Waals surface area contributed by atoms with E-state index >= 15 is 0 Å². The molecular formula is C15H18BrNO2. The van der Waals surface area contributed by atoms with Gasteiger partial charge in [0, 0.05) is 24.5 Å². The molecule has 0 fully saturated rings. The highest BCUT2D eigenvalue weighted by atomic mass is 79.9. The van der Waals surface area contributed by atoms with Crippen LogP contribution in [0.3, 0.4) is 0 Å². The van der Waals surface area contributed by atoms with Crippen molar-refractivity contribution >= 4 is 32.8 Å². The summed E-state index contributed by atoms with van der Waals surface area (Å²) < 4.78 is 5.98. The summed E-state index contributed by atoms with van der Waals surface area (Å²) in [6.07, 6.45) is 0. The summed E-state index contributed by atoms with van der Waals surface area (Å²) in [5, 5.41) is 0.657. The molecule has 19 heavy (non-hydrogen) atoms. The summed E-state index contributed by atoms with van der Waals surface area (Å²) in [4.78, 5) is 14.4. The molecule has 0 N–H and O–H groups in total. The van der Waals surface area contributed by atoms with Crippen molar-refractivity contribution in [1.29, 1.82) is 0 Å². The zero-order valence-electron chi connectivity index (χ0n) is 11.9. The Bertz CT molecular complexity index is 687. The molecule has 1 unspecified atom stereocenters. The molecule has 1 aromatic heterocycles. The van der Waals surface area contributed by atoms with E-state index < -0.39 is 0 Å². The number of nitrogens with zero attached hydrogens (tertiary/aromatic N) is 1. The van der Waals surface area contributed by atoms with E-state index in [9.17, 15) is 4.79 Å². The molecule has 0 amide bonds. The molecule has 2 aromatic rings. The maximum atomic E-state index is 12.5. The first-order valence-corrected chi connectivity index (χ1v) is 7.14. The average molecular weight is 324 g/mol. The van der Waals surface area contributed by atoms with Crippen LogP contribution >= 0.6 is 15.9 Å². The van der Waals surface area contributed by atoms with Crippen LogP contribution in [0.4, 0.5) is 5.88 Å². The number of fused-ring (bicyclic) bond motifs is 1. The van der Waals surface area contributed by atoms with Gasteiger partial charge in [-0.05, 0) is 32.4 Å². The molecule has 1 aromatic carbocycles. The number of rotatable bonds is 2. The molecule has 0 spiro atoms. The zero-order chi connectivity index (χ0) is 14.3. The topological polar surface area (TPSA) is 33.5 Å². The predicted molar refractivity (Wildman–Crippen MR) is 83.6 cm³/mol. The largest absolute Gasteiger partial charge is 0.440 e. The number of hydrogen-bond acceptors (Lipinski definition) is 3. The van der Waals surface area contributed by atoms with E-state index in [0.29, 0.717) is 22.4 Å². The second kappa shape index (κ2) is 5.00. The van der Waals surface area contributed by atoms with E-state index in [0.717, 1.165) is 11.1 Å². The van der Waals surface area contributed by atoms with Crippen LogP contribution in [0, 0.1) is 13.8 Å². The third kappa shape index (κ3) is 2.41. The summed E-state index contributed by atoms with van der Waals surface area (Å²) in [6, 6.07) is 3.95. The second-order valence-electron chi connectivity index (χ2n) is 5.10. The SMILES string of the molecule is Cc1cc(C(C)Br)c2oc(N(C)C)c(C)c(=O)c2c1. The molecule has 4 heteroatoms. The maximum Gasteiger partial charge on any atom is 0.202 e. The van der Waals surface area contributed by atoms with Crippen LogP contribution in [0.5, 0.6) is 0 Å². The third-order valence-electron chi connectivity index (χ3n) is 3.20. The van der Waals surface area contributed by atoms with Gasteiger partial charge >= 0.3 is 0 Å². The molecule has 1 atom stereocenters. The van der Waals surface area contributed by atoms with E-state index in [-0.39, 0.29) is 10.3 Å². The summed E-state index contributed by atoms with van der Waals surface area (Å²) in [7, 11) is 3.76. The fraction of sp³-hybridized carbons (Fsp3) is 0.400. The van der Waals surface area contributed by atoms with Crippen molar-refractivity contribution in [3.63, 3.8) is 0 Å². The molecule has 0 bridgehead atoms. The first-order valence-electron chi connectivity index (χ1n) is 6.22. The van der Waals surface area contributed by atoms with Crippen molar-refractivity contribution < 1.29 is 4.42 Å². The van der Waals surface area contributed by atoms with Crippen molar-refractivity contribution in [2.75, 3.05) is 19.0 Å². The minimum absolute atomic E-state index is 0.0445. The van der Waals surface area contributed by atoms with Crippen molar-refractivity contribution in [2.24, 2.45) is 0 Å². The second-order valence-corrected chi connectivity index (χ2v) is 6.48. The van der Waals surface area contributed by atoms with E-state index in [1.807, 2.05) is 38.9 Å². The predicted octanol–water partition coefficient (Wildman–Crippen LogP) is 3.93. The van der Waals surface area contributed by atoms with Gasteiger partial charge in [-0.25, -0.2) is 0 Å². The Morgan fingerprint density at radius 2 is 1.89 bits per heavy atom. The molecule has 0 saturated heterocycles. The standard InChI is InChI=1S/C15H18BrNO2/c1-8-6-11(10(3)16)14-12(7-8)13(18)9(2)15(19-14)17(4)5/h6-7,10H,1-5H3. The van der Waals surface area contributed by atoms with Crippen LogP contribution in [0.15, 0.2) is 21.3 Å². The molecule has 2 rings (SSSR count). The van der Waals surface area contributed by atoms with Gasteiger partial charge in [0.25, 0.3) is 0 Å². The van der Waals surface area contributed by atoms with Gasteiger partial charge in [-0.1, -0.05) is 22.0 Å². The van der Waals surface area contributed by atoms with E-state index in [4.69, 9.17) is 4.42 Å². The molecule has 0 aliphatic heterocycles. The van der Waals surface area contributed by atoms with Crippen LogP contribution in [-0.4, -0.2) is 14.1 Å². The molecule has 102 valence electrons. The van der Waals surface area contributed by atoms with Gasteiger partial charge in [-0.3, -0.25) is 4.79 Å². The fourth-order valence-electron chi connectivity index (χ4n) is 2.28. The summed E-state index contributed by atoms with van der Waals surface area (Å²) in [6.45, 7) is 5.83. The lowest BCUT2D eigenvalue weighted by Gasteiger charge is -2.16. The first kappa shape index (κ1) is 14.1.